The Labute approximate surface area is 129 Å². The van der Waals surface area contributed by atoms with Crippen molar-refractivity contribution in [2.24, 2.45) is 10.9 Å². The van der Waals surface area contributed by atoms with Gasteiger partial charge < -0.3 is 15.4 Å². The zero-order valence-electron chi connectivity index (χ0n) is 14.1. The number of nitrogens with one attached hydrogen (secondary N) is 2. The fraction of sp³-hybridized carbons (Fsp3) is 0.938. The van der Waals surface area contributed by atoms with Gasteiger partial charge >= 0.3 is 0 Å². The van der Waals surface area contributed by atoms with Gasteiger partial charge in [0.1, 0.15) is 0 Å². The van der Waals surface area contributed by atoms with E-state index in [9.17, 15) is 0 Å². The summed E-state index contributed by atoms with van der Waals surface area (Å²) in [5.74, 6) is 1.50. The van der Waals surface area contributed by atoms with Crippen LogP contribution in [0, 0.1) is 5.92 Å². The van der Waals surface area contributed by atoms with Gasteiger partial charge in [-0.25, -0.2) is 0 Å². The number of aliphatic imine (C=N–C) groups is 1. The molecule has 122 valence electrons. The molecule has 0 amide bonds. The van der Waals surface area contributed by atoms with Crippen LogP contribution in [-0.4, -0.2) is 61.8 Å². The van der Waals surface area contributed by atoms with Gasteiger partial charge in [-0.3, -0.25) is 9.89 Å². The Morgan fingerprint density at radius 3 is 2.90 bits per heavy atom. The lowest BCUT2D eigenvalue weighted by Gasteiger charge is -2.34. The molecule has 21 heavy (non-hydrogen) atoms. The first-order chi connectivity index (χ1) is 10.1. The fourth-order valence-electron chi connectivity index (χ4n) is 2.89. The predicted molar refractivity (Wildman–Crippen MR) is 87.7 cm³/mol. The first-order valence-corrected chi connectivity index (χ1v) is 8.50. The molecule has 0 bridgehead atoms. The molecule has 5 nitrogen and oxygen atoms in total. The Kier molecular flexibility index (Phi) is 6.30. The molecule has 2 fully saturated rings. The second-order valence-corrected chi connectivity index (χ2v) is 6.64. The topological polar surface area (TPSA) is 48.9 Å². The van der Waals surface area contributed by atoms with E-state index in [1.165, 1.54) is 19.4 Å². The van der Waals surface area contributed by atoms with Crippen molar-refractivity contribution in [2.45, 2.75) is 58.7 Å². The van der Waals surface area contributed by atoms with Crippen molar-refractivity contribution < 1.29 is 4.74 Å². The zero-order valence-corrected chi connectivity index (χ0v) is 14.1. The first kappa shape index (κ1) is 16.6. The van der Waals surface area contributed by atoms with Crippen LogP contribution in [0.5, 0.6) is 0 Å². The van der Waals surface area contributed by atoms with Crippen molar-refractivity contribution in [2.75, 3.05) is 32.8 Å². The Morgan fingerprint density at radius 2 is 2.19 bits per heavy atom. The lowest BCUT2D eigenvalue weighted by Crippen LogP contribution is -2.48. The maximum atomic E-state index is 5.97. The SMILES string of the molecule is CCNC(=NCC1CN2CCCC2CO1)NC(C)C(C)C. The number of nitrogens with zero attached hydrogens (tertiary/aromatic N) is 2. The molecule has 0 aromatic rings. The van der Waals surface area contributed by atoms with Gasteiger partial charge in [-0.05, 0) is 39.2 Å². The number of fused-ring (bicyclic) bond motifs is 1. The highest BCUT2D eigenvalue weighted by Gasteiger charge is 2.31. The molecule has 5 heteroatoms. The molecule has 0 aromatic heterocycles. The van der Waals surface area contributed by atoms with Crippen LogP contribution < -0.4 is 10.6 Å². The molecule has 0 aromatic carbocycles. The summed E-state index contributed by atoms with van der Waals surface area (Å²) in [5.41, 5.74) is 0. The molecule has 3 unspecified atom stereocenters. The number of rotatable bonds is 5. The smallest absolute Gasteiger partial charge is 0.191 e. The Morgan fingerprint density at radius 1 is 1.38 bits per heavy atom. The lowest BCUT2D eigenvalue weighted by atomic mass is 10.1. The summed E-state index contributed by atoms with van der Waals surface area (Å²) in [6, 6.07) is 1.08. The third-order valence-electron chi connectivity index (χ3n) is 4.62. The molecule has 3 atom stereocenters. The average molecular weight is 296 g/mol. The molecule has 0 saturated carbocycles. The quantitative estimate of drug-likeness (QED) is 0.595. The summed E-state index contributed by atoms with van der Waals surface area (Å²) >= 11 is 0. The molecule has 2 saturated heterocycles. The zero-order chi connectivity index (χ0) is 15.2. The second kappa shape index (κ2) is 7.99. The van der Waals surface area contributed by atoms with E-state index in [1.54, 1.807) is 0 Å². The van der Waals surface area contributed by atoms with Crippen molar-refractivity contribution in [3.8, 4) is 0 Å². The molecular weight excluding hydrogens is 264 g/mol. The second-order valence-electron chi connectivity index (χ2n) is 6.64. The number of guanidine groups is 1. The molecular formula is C16H32N4O. The summed E-state index contributed by atoms with van der Waals surface area (Å²) in [6.45, 7) is 13.5. The van der Waals surface area contributed by atoms with Crippen LogP contribution in [0.2, 0.25) is 0 Å². The third kappa shape index (κ3) is 4.85. The Bertz CT molecular complexity index is 345. The number of ether oxygens (including phenoxy) is 1. The van der Waals surface area contributed by atoms with Gasteiger partial charge in [0.15, 0.2) is 5.96 Å². The molecule has 0 spiro atoms. The van der Waals surface area contributed by atoms with Crippen molar-refractivity contribution in [1.29, 1.82) is 0 Å². The first-order valence-electron chi connectivity index (χ1n) is 8.50. The van der Waals surface area contributed by atoms with E-state index in [0.29, 0.717) is 18.0 Å². The predicted octanol–water partition coefficient (Wildman–Crippen LogP) is 1.45. The normalized spacial score (nSPS) is 28.5. The van der Waals surface area contributed by atoms with Gasteiger partial charge in [-0.2, -0.15) is 0 Å². The van der Waals surface area contributed by atoms with E-state index in [2.05, 4.69) is 43.2 Å². The summed E-state index contributed by atoms with van der Waals surface area (Å²) in [7, 11) is 0. The number of hydrogen-bond donors (Lipinski definition) is 2. The minimum Gasteiger partial charge on any atom is -0.373 e. The van der Waals surface area contributed by atoms with Gasteiger partial charge in [0, 0.05) is 25.2 Å². The molecule has 0 aliphatic carbocycles. The van der Waals surface area contributed by atoms with E-state index in [-0.39, 0.29) is 6.10 Å². The third-order valence-corrected chi connectivity index (χ3v) is 4.62. The van der Waals surface area contributed by atoms with Crippen LogP contribution in [0.3, 0.4) is 0 Å². The van der Waals surface area contributed by atoms with Crippen LogP contribution >= 0.6 is 0 Å². The average Bonchev–Trinajstić information content (AvgIpc) is 2.92. The minimum atomic E-state index is 0.240. The molecule has 2 aliphatic heterocycles. The van der Waals surface area contributed by atoms with Crippen LogP contribution in [0.25, 0.3) is 0 Å². The maximum Gasteiger partial charge on any atom is 0.191 e. The largest absolute Gasteiger partial charge is 0.373 e. The molecule has 2 N–H and O–H groups in total. The van der Waals surface area contributed by atoms with Gasteiger partial charge in [-0.1, -0.05) is 13.8 Å². The molecule has 2 rings (SSSR count). The van der Waals surface area contributed by atoms with Crippen molar-refractivity contribution in [3.05, 3.63) is 0 Å². The van der Waals surface area contributed by atoms with Crippen LogP contribution in [-0.2, 0) is 4.74 Å². The van der Waals surface area contributed by atoms with E-state index in [0.717, 1.165) is 32.2 Å². The highest BCUT2D eigenvalue weighted by molar-refractivity contribution is 5.80. The van der Waals surface area contributed by atoms with Gasteiger partial charge in [0.2, 0.25) is 0 Å². The van der Waals surface area contributed by atoms with E-state index in [4.69, 9.17) is 9.73 Å². The molecule has 2 aliphatic rings. The molecule has 0 radical (unpaired) electrons. The van der Waals surface area contributed by atoms with Crippen molar-refractivity contribution in [3.63, 3.8) is 0 Å². The van der Waals surface area contributed by atoms with Gasteiger partial charge in [-0.15, -0.1) is 0 Å². The summed E-state index contributed by atoms with van der Waals surface area (Å²) < 4.78 is 5.97. The Balaban J connectivity index is 1.83. The van der Waals surface area contributed by atoms with Crippen LogP contribution in [0.1, 0.15) is 40.5 Å². The van der Waals surface area contributed by atoms with E-state index in [1.807, 2.05) is 0 Å². The Hall–Kier alpha value is -0.810. The van der Waals surface area contributed by atoms with Gasteiger partial charge in [0.05, 0.1) is 19.3 Å². The van der Waals surface area contributed by atoms with E-state index < -0.39 is 0 Å². The maximum absolute atomic E-state index is 5.97. The number of morpholine rings is 1. The van der Waals surface area contributed by atoms with Crippen molar-refractivity contribution in [1.82, 2.24) is 15.5 Å². The minimum absolute atomic E-state index is 0.240. The fourth-order valence-corrected chi connectivity index (χ4v) is 2.89. The molecule has 2 heterocycles. The summed E-state index contributed by atoms with van der Waals surface area (Å²) in [5, 5.41) is 6.80. The van der Waals surface area contributed by atoms with Crippen LogP contribution in [0.4, 0.5) is 0 Å². The highest BCUT2D eigenvalue weighted by Crippen LogP contribution is 2.22. The standard InChI is InChI=1S/C16H32N4O/c1-5-17-16(19-13(4)12(2)3)18-9-15-10-20-8-6-7-14(20)11-21-15/h12-15H,5-11H2,1-4H3,(H2,17,18,19). The summed E-state index contributed by atoms with van der Waals surface area (Å²) in [4.78, 5) is 7.29. The van der Waals surface area contributed by atoms with E-state index >= 15 is 0 Å². The van der Waals surface area contributed by atoms with Gasteiger partial charge in [0.25, 0.3) is 0 Å². The number of hydrogen-bond acceptors (Lipinski definition) is 3. The van der Waals surface area contributed by atoms with Crippen molar-refractivity contribution >= 4 is 5.96 Å². The highest BCUT2D eigenvalue weighted by atomic mass is 16.5. The lowest BCUT2D eigenvalue weighted by molar-refractivity contribution is -0.0432. The van der Waals surface area contributed by atoms with Crippen LogP contribution in [0.15, 0.2) is 4.99 Å². The summed E-state index contributed by atoms with van der Waals surface area (Å²) in [6.07, 6.45) is 2.86. The monoisotopic (exact) mass is 296 g/mol.